The number of amides is 1. The lowest BCUT2D eigenvalue weighted by molar-refractivity contribution is 0.0620. The highest BCUT2D eigenvalue weighted by Crippen LogP contribution is 2.12. The number of halogens is 1. The molecule has 0 radical (unpaired) electrons. The second-order valence-corrected chi connectivity index (χ2v) is 7.50. The number of carbonyl (C=O) groups is 1. The van der Waals surface area contributed by atoms with Gasteiger partial charge in [-0.1, -0.05) is 29.8 Å². The minimum atomic E-state index is -0.400. The van der Waals surface area contributed by atoms with E-state index in [0.717, 1.165) is 24.3 Å². The SMILES string of the molecule is Cc1cccc(CN2CCN(C(=O)c3ccc(=O)n(-c4ccc(F)cc4)n3)CC2)c1. The smallest absolute Gasteiger partial charge is 0.274 e. The summed E-state index contributed by atoms with van der Waals surface area (Å²) in [6.07, 6.45) is 0. The third-order valence-electron chi connectivity index (χ3n) is 5.24. The summed E-state index contributed by atoms with van der Waals surface area (Å²) in [5.41, 5.74) is 2.75. The molecule has 3 aromatic rings. The molecule has 1 saturated heterocycles. The van der Waals surface area contributed by atoms with Crippen molar-refractivity contribution in [1.29, 1.82) is 0 Å². The molecule has 0 unspecified atom stereocenters. The van der Waals surface area contributed by atoms with Gasteiger partial charge in [0, 0.05) is 38.8 Å². The molecular weight excluding hydrogens is 383 g/mol. The summed E-state index contributed by atoms with van der Waals surface area (Å²) >= 11 is 0. The van der Waals surface area contributed by atoms with Crippen LogP contribution in [0.1, 0.15) is 21.6 Å². The highest BCUT2D eigenvalue weighted by molar-refractivity contribution is 5.92. The van der Waals surface area contributed by atoms with E-state index in [9.17, 15) is 14.0 Å². The number of hydrogen-bond donors (Lipinski definition) is 0. The Morgan fingerprint density at radius 2 is 1.73 bits per heavy atom. The average molecular weight is 406 g/mol. The van der Waals surface area contributed by atoms with Gasteiger partial charge < -0.3 is 4.90 Å². The van der Waals surface area contributed by atoms with E-state index >= 15 is 0 Å². The molecule has 0 atom stereocenters. The number of carbonyl (C=O) groups excluding carboxylic acids is 1. The van der Waals surface area contributed by atoms with Crippen molar-refractivity contribution >= 4 is 5.91 Å². The molecule has 0 spiro atoms. The Balaban J connectivity index is 1.43. The Labute approximate surface area is 174 Å². The largest absolute Gasteiger partial charge is 0.335 e. The van der Waals surface area contributed by atoms with Crippen LogP contribution < -0.4 is 5.56 Å². The van der Waals surface area contributed by atoms with Crippen LogP contribution >= 0.6 is 0 Å². The van der Waals surface area contributed by atoms with Crippen molar-refractivity contribution in [3.8, 4) is 5.69 Å². The first-order chi connectivity index (χ1) is 14.5. The maximum Gasteiger partial charge on any atom is 0.274 e. The number of aryl methyl sites for hydroxylation is 1. The van der Waals surface area contributed by atoms with Crippen molar-refractivity contribution in [2.75, 3.05) is 26.2 Å². The Hall–Kier alpha value is -3.32. The molecule has 0 aliphatic carbocycles. The van der Waals surface area contributed by atoms with Gasteiger partial charge in [0.1, 0.15) is 11.5 Å². The van der Waals surface area contributed by atoms with Crippen LogP contribution in [0.4, 0.5) is 4.39 Å². The molecule has 30 heavy (non-hydrogen) atoms. The van der Waals surface area contributed by atoms with Crippen molar-refractivity contribution < 1.29 is 9.18 Å². The van der Waals surface area contributed by atoms with E-state index in [0.29, 0.717) is 18.8 Å². The monoisotopic (exact) mass is 406 g/mol. The molecule has 2 aromatic carbocycles. The molecule has 2 heterocycles. The second-order valence-electron chi connectivity index (χ2n) is 7.50. The third-order valence-corrected chi connectivity index (χ3v) is 5.24. The summed E-state index contributed by atoms with van der Waals surface area (Å²) in [6.45, 7) is 5.69. The minimum Gasteiger partial charge on any atom is -0.335 e. The van der Waals surface area contributed by atoms with E-state index in [1.807, 2.05) is 0 Å². The lowest BCUT2D eigenvalue weighted by Crippen LogP contribution is -2.48. The molecule has 4 rings (SSSR count). The van der Waals surface area contributed by atoms with E-state index in [-0.39, 0.29) is 17.2 Å². The predicted octanol–water partition coefficient (Wildman–Crippen LogP) is 2.64. The quantitative estimate of drug-likeness (QED) is 0.669. The Kier molecular flexibility index (Phi) is 5.72. The van der Waals surface area contributed by atoms with Crippen LogP contribution in [0.5, 0.6) is 0 Å². The number of rotatable bonds is 4. The van der Waals surface area contributed by atoms with Crippen LogP contribution in [0.3, 0.4) is 0 Å². The summed E-state index contributed by atoms with van der Waals surface area (Å²) in [6, 6.07) is 16.6. The first kappa shape index (κ1) is 20.0. The van der Waals surface area contributed by atoms with Crippen molar-refractivity contribution in [3.63, 3.8) is 0 Å². The van der Waals surface area contributed by atoms with Crippen LogP contribution in [0.25, 0.3) is 5.69 Å². The highest BCUT2D eigenvalue weighted by Gasteiger charge is 2.23. The van der Waals surface area contributed by atoms with Crippen LogP contribution in [0, 0.1) is 12.7 Å². The molecule has 154 valence electrons. The van der Waals surface area contributed by atoms with Gasteiger partial charge in [0.15, 0.2) is 0 Å². The Bertz CT molecular complexity index is 1100. The number of nitrogens with zero attached hydrogens (tertiary/aromatic N) is 4. The summed E-state index contributed by atoms with van der Waals surface area (Å²) in [5.74, 6) is -0.608. The van der Waals surface area contributed by atoms with Crippen molar-refractivity contribution in [3.05, 3.63) is 93.7 Å². The van der Waals surface area contributed by atoms with E-state index in [2.05, 4.69) is 41.2 Å². The van der Waals surface area contributed by atoms with Crippen LogP contribution in [0.2, 0.25) is 0 Å². The summed E-state index contributed by atoms with van der Waals surface area (Å²) in [4.78, 5) is 29.2. The average Bonchev–Trinajstić information content (AvgIpc) is 2.75. The molecular formula is C23H23FN4O2. The van der Waals surface area contributed by atoms with Crippen molar-refractivity contribution in [2.24, 2.45) is 0 Å². The Morgan fingerprint density at radius 3 is 2.43 bits per heavy atom. The zero-order chi connectivity index (χ0) is 21.1. The van der Waals surface area contributed by atoms with E-state index in [1.165, 1.54) is 47.5 Å². The van der Waals surface area contributed by atoms with Gasteiger partial charge >= 0.3 is 0 Å². The summed E-state index contributed by atoms with van der Waals surface area (Å²) in [5, 5.41) is 4.22. The molecule has 0 N–H and O–H groups in total. The molecule has 1 amide bonds. The van der Waals surface area contributed by atoms with Gasteiger partial charge in [-0.15, -0.1) is 0 Å². The first-order valence-electron chi connectivity index (χ1n) is 9.93. The van der Waals surface area contributed by atoms with Crippen molar-refractivity contribution in [2.45, 2.75) is 13.5 Å². The molecule has 1 fully saturated rings. The number of piperazine rings is 1. The van der Waals surface area contributed by atoms with Gasteiger partial charge in [0.05, 0.1) is 5.69 Å². The normalized spacial score (nSPS) is 14.7. The van der Waals surface area contributed by atoms with Crippen molar-refractivity contribution in [1.82, 2.24) is 19.6 Å². The number of hydrogen-bond acceptors (Lipinski definition) is 4. The lowest BCUT2D eigenvalue weighted by Gasteiger charge is -2.34. The molecule has 0 bridgehead atoms. The minimum absolute atomic E-state index is 0.200. The van der Waals surface area contributed by atoms with E-state index < -0.39 is 5.82 Å². The summed E-state index contributed by atoms with van der Waals surface area (Å²) < 4.78 is 14.3. The predicted molar refractivity (Wildman–Crippen MR) is 112 cm³/mol. The van der Waals surface area contributed by atoms with Crippen LogP contribution in [-0.2, 0) is 6.54 Å². The maximum atomic E-state index is 13.2. The number of benzene rings is 2. The zero-order valence-corrected chi connectivity index (χ0v) is 16.8. The van der Waals surface area contributed by atoms with E-state index in [1.54, 1.807) is 4.90 Å². The van der Waals surface area contributed by atoms with Crippen LogP contribution in [-0.4, -0.2) is 51.7 Å². The number of aromatic nitrogens is 2. The van der Waals surface area contributed by atoms with Gasteiger partial charge in [-0.25, -0.2) is 4.39 Å². The van der Waals surface area contributed by atoms with Gasteiger partial charge in [0.2, 0.25) is 0 Å². The molecule has 7 heteroatoms. The van der Waals surface area contributed by atoms with Gasteiger partial charge in [-0.05, 0) is 42.8 Å². The highest BCUT2D eigenvalue weighted by atomic mass is 19.1. The molecule has 0 saturated carbocycles. The molecule has 6 nitrogen and oxygen atoms in total. The summed E-state index contributed by atoms with van der Waals surface area (Å²) in [7, 11) is 0. The van der Waals surface area contributed by atoms with E-state index in [4.69, 9.17) is 0 Å². The van der Waals surface area contributed by atoms with Gasteiger partial charge in [-0.2, -0.15) is 9.78 Å². The third kappa shape index (κ3) is 4.46. The molecule has 1 aliphatic heterocycles. The fourth-order valence-corrected chi connectivity index (χ4v) is 3.63. The van der Waals surface area contributed by atoms with Gasteiger partial charge in [0.25, 0.3) is 11.5 Å². The topological polar surface area (TPSA) is 58.4 Å². The lowest BCUT2D eigenvalue weighted by atomic mass is 10.1. The second kappa shape index (κ2) is 8.59. The fourth-order valence-electron chi connectivity index (χ4n) is 3.63. The fraction of sp³-hybridized carbons (Fsp3) is 0.261. The van der Waals surface area contributed by atoms with Crippen LogP contribution in [0.15, 0.2) is 65.5 Å². The maximum absolute atomic E-state index is 13.2. The zero-order valence-electron chi connectivity index (χ0n) is 16.8. The Morgan fingerprint density at radius 1 is 1.00 bits per heavy atom. The first-order valence-corrected chi connectivity index (χ1v) is 9.93. The van der Waals surface area contributed by atoms with Gasteiger partial charge in [-0.3, -0.25) is 14.5 Å². The molecule has 1 aliphatic rings. The molecule has 1 aromatic heterocycles. The standard InChI is InChI=1S/C23H23FN4O2/c1-17-3-2-4-18(15-17)16-26-11-13-27(14-12-26)23(30)21-9-10-22(29)28(25-21)20-7-5-19(24)6-8-20/h2-10,15H,11-14,16H2,1H3.